The van der Waals surface area contributed by atoms with Crippen LogP contribution in [0.1, 0.15) is 22.5 Å². The monoisotopic (exact) mass is 790 g/mol. The second-order valence-corrected chi connectivity index (χ2v) is 16.0. The SMILES string of the molecule is c1ccc(-c2ccc(-n3c4ccccc4c4ccc(-c5ccc6c(c5)C(c5ccccc5)(c5nc(-c7ccccc7)nc(-c7ccccc7)n5)c5ccccc5-6)cc43)cc2)cc1. The van der Waals surface area contributed by atoms with E-state index in [-0.39, 0.29) is 0 Å². The van der Waals surface area contributed by atoms with Gasteiger partial charge in [-0.15, -0.1) is 0 Å². The highest BCUT2D eigenvalue weighted by atomic mass is 15.0. The Kier molecular flexibility index (Phi) is 8.36. The minimum atomic E-state index is -0.849. The van der Waals surface area contributed by atoms with E-state index in [9.17, 15) is 0 Å². The molecule has 0 saturated heterocycles. The van der Waals surface area contributed by atoms with E-state index in [1.807, 2.05) is 36.4 Å². The van der Waals surface area contributed by atoms with E-state index in [1.54, 1.807) is 0 Å². The molecule has 290 valence electrons. The Morgan fingerprint density at radius 3 is 1.52 bits per heavy atom. The molecule has 0 N–H and O–H groups in total. The molecule has 0 aliphatic heterocycles. The predicted molar refractivity (Wildman–Crippen MR) is 253 cm³/mol. The fourth-order valence-corrected chi connectivity index (χ4v) is 9.67. The van der Waals surface area contributed by atoms with Crippen molar-refractivity contribution in [2.45, 2.75) is 5.41 Å². The molecule has 0 amide bonds. The number of hydrogen-bond donors (Lipinski definition) is 0. The molecule has 2 aromatic heterocycles. The van der Waals surface area contributed by atoms with Gasteiger partial charge in [0.05, 0.1) is 11.0 Å². The van der Waals surface area contributed by atoms with Crippen molar-refractivity contribution >= 4 is 21.8 Å². The molecule has 1 aliphatic rings. The molecule has 11 aromatic rings. The van der Waals surface area contributed by atoms with Crippen molar-refractivity contribution in [1.82, 2.24) is 19.5 Å². The molecule has 1 aliphatic carbocycles. The number of rotatable bonds is 7. The van der Waals surface area contributed by atoms with Crippen LogP contribution in [0.3, 0.4) is 0 Å². The van der Waals surface area contributed by atoms with Crippen LogP contribution in [0.5, 0.6) is 0 Å². The van der Waals surface area contributed by atoms with Gasteiger partial charge in [0.1, 0.15) is 5.41 Å². The summed E-state index contributed by atoms with van der Waals surface area (Å²) in [4.78, 5) is 16.1. The molecule has 0 fully saturated rings. The average Bonchev–Trinajstić information content (AvgIpc) is 3.85. The van der Waals surface area contributed by atoms with Gasteiger partial charge in [-0.25, -0.2) is 15.0 Å². The number of hydrogen-bond acceptors (Lipinski definition) is 3. The summed E-state index contributed by atoms with van der Waals surface area (Å²) in [5.41, 5.74) is 14.9. The standard InChI is InChI=1S/C58H38N4/c1-5-17-39(18-6-1)40-29-33-46(34-30-40)62-53-28-16-14-26-49(53)50-36-32-44(38-54(50)62)43-31-35-48-47-25-13-15-27-51(47)58(52(48)37-43,45-23-11-4-12-24-45)57-60-55(41-19-7-2-8-20-41)59-56(61-57)42-21-9-3-10-22-42/h1-38H. The van der Waals surface area contributed by atoms with Crippen LogP contribution in [-0.4, -0.2) is 19.5 Å². The summed E-state index contributed by atoms with van der Waals surface area (Å²) in [6.45, 7) is 0. The molecule has 2 heterocycles. The number of nitrogens with zero attached hydrogens (tertiary/aromatic N) is 4. The quantitative estimate of drug-likeness (QED) is 0.161. The zero-order valence-corrected chi connectivity index (χ0v) is 33.7. The zero-order valence-electron chi connectivity index (χ0n) is 33.7. The van der Waals surface area contributed by atoms with Crippen LogP contribution in [0, 0.1) is 0 Å². The lowest BCUT2D eigenvalue weighted by molar-refractivity contribution is 0.692. The molecule has 4 heteroatoms. The van der Waals surface area contributed by atoms with E-state index in [1.165, 1.54) is 38.5 Å². The van der Waals surface area contributed by atoms with Gasteiger partial charge in [-0.2, -0.15) is 0 Å². The lowest BCUT2D eigenvalue weighted by atomic mass is 9.71. The van der Waals surface area contributed by atoms with Crippen molar-refractivity contribution < 1.29 is 0 Å². The van der Waals surface area contributed by atoms with E-state index >= 15 is 0 Å². The highest BCUT2D eigenvalue weighted by Crippen LogP contribution is 2.56. The molecule has 0 saturated carbocycles. The van der Waals surface area contributed by atoms with Crippen LogP contribution in [0.25, 0.3) is 83.6 Å². The summed E-state index contributed by atoms with van der Waals surface area (Å²) in [5.74, 6) is 1.97. The van der Waals surface area contributed by atoms with E-state index in [0.717, 1.165) is 50.1 Å². The van der Waals surface area contributed by atoms with Gasteiger partial charge in [-0.1, -0.05) is 200 Å². The fourth-order valence-electron chi connectivity index (χ4n) is 9.67. The maximum absolute atomic E-state index is 5.47. The molecule has 9 aromatic carbocycles. The van der Waals surface area contributed by atoms with Gasteiger partial charge in [0.15, 0.2) is 17.5 Å². The third-order valence-corrected chi connectivity index (χ3v) is 12.5. The lowest BCUT2D eigenvalue weighted by Gasteiger charge is -2.32. The predicted octanol–water partition coefficient (Wildman–Crippen LogP) is 14.0. The Morgan fingerprint density at radius 2 is 0.823 bits per heavy atom. The second-order valence-electron chi connectivity index (χ2n) is 16.0. The normalized spacial score (nSPS) is 14.2. The van der Waals surface area contributed by atoms with Crippen molar-refractivity contribution in [3.63, 3.8) is 0 Å². The molecule has 1 unspecified atom stereocenters. The minimum absolute atomic E-state index is 0.641. The third kappa shape index (κ3) is 5.65. The minimum Gasteiger partial charge on any atom is -0.309 e. The molecule has 4 nitrogen and oxygen atoms in total. The van der Waals surface area contributed by atoms with Crippen LogP contribution in [0.15, 0.2) is 231 Å². The average molecular weight is 791 g/mol. The number of fused-ring (bicyclic) bond motifs is 6. The van der Waals surface area contributed by atoms with E-state index < -0.39 is 5.41 Å². The third-order valence-electron chi connectivity index (χ3n) is 12.5. The largest absolute Gasteiger partial charge is 0.309 e. The first-order valence-electron chi connectivity index (χ1n) is 21.1. The van der Waals surface area contributed by atoms with Gasteiger partial charge in [0, 0.05) is 27.6 Å². The van der Waals surface area contributed by atoms with Crippen molar-refractivity contribution in [2.24, 2.45) is 0 Å². The smallest absolute Gasteiger partial charge is 0.163 e. The maximum Gasteiger partial charge on any atom is 0.163 e. The molecule has 0 bridgehead atoms. The molecule has 12 rings (SSSR count). The Balaban J connectivity index is 1.09. The van der Waals surface area contributed by atoms with Crippen molar-refractivity contribution in [3.8, 4) is 61.8 Å². The van der Waals surface area contributed by atoms with Gasteiger partial charge in [0.2, 0.25) is 0 Å². The van der Waals surface area contributed by atoms with Gasteiger partial charge >= 0.3 is 0 Å². The number of benzene rings is 9. The summed E-state index contributed by atoms with van der Waals surface area (Å²) in [6, 6.07) is 82.1. The molecular formula is C58H38N4. The Hall–Kier alpha value is -8.21. The van der Waals surface area contributed by atoms with Gasteiger partial charge in [-0.05, 0) is 80.4 Å². The van der Waals surface area contributed by atoms with Crippen LogP contribution in [-0.2, 0) is 5.41 Å². The first-order valence-corrected chi connectivity index (χ1v) is 21.1. The van der Waals surface area contributed by atoms with E-state index in [0.29, 0.717) is 17.5 Å². The Morgan fingerprint density at radius 1 is 0.323 bits per heavy atom. The first-order chi connectivity index (χ1) is 30.7. The second kappa shape index (κ2) is 14.5. The molecule has 0 radical (unpaired) electrons. The van der Waals surface area contributed by atoms with Crippen LogP contribution in [0.2, 0.25) is 0 Å². The van der Waals surface area contributed by atoms with E-state index in [2.05, 4.69) is 199 Å². The zero-order chi connectivity index (χ0) is 41.0. The van der Waals surface area contributed by atoms with Crippen molar-refractivity contribution in [2.75, 3.05) is 0 Å². The van der Waals surface area contributed by atoms with Gasteiger partial charge in [0.25, 0.3) is 0 Å². The summed E-state index contributed by atoms with van der Waals surface area (Å²) in [7, 11) is 0. The molecule has 62 heavy (non-hydrogen) atoms. The molecule has 1 atom stereocenters. The number of aromatic nitrogens is 4. The summed E-state index contributed by atoms with van der Waals surface area (Å²) >= 11 is 0. The van der Waals surface area contributed by atoms with Gasteiger partial charge < -0.3 is 4.57 Å². The Labute approximate surface area is 360 Å². The molecule has 0 spiro atoms. The van der Waals surface area contributed by atoms with Crippen LogP contribution < -0.4 is 0 Å². The summed E-state index contributed by atoms with van der Waals surface area (Å²) in [5, 5.41) is 2.45. The first kappa shape index (κ1) is 35.7. The summed E-state index contributed by atoms with van der Waals surface area (Å²) < 4.78 is 2.40. The maximum atomic E-state index is 5.47. The number of para-hydroxylation sites is 1. The molecular weight excluding hydrogens is 753 g/mol. The van der Waals surface area contributed by atoms with Crippen LogP contribution in [0.4, 0.5) is 0 Å². The van der Waals surface area contributed by atoms with Gasteiger partial charge in [-0.3, -0.25) is 0 Å². The van der Waals surface area contributed by atoms with Crippen molar-refractivity contribution in [3.05, 3.63) is 253 Å². The fraction of sp³-hybridized carbons (Fsp3) is 0.0172. The Bertz CT molecular complexity index is 3380. The summed E-state index contributed by atoms with van der Waals surface area (Å²) in [6.07, 6.45) is 0. The van der Waals surface area contributed by atoms with Crippen molar-refractivity contribution in [1.29, 1.82) is 0 Å². The topological polar surface area (TPSA) is 43.6 Å². The lowest BCUT2D eigenvalue weighted by Crippen LogP contribution is -2.31. The highest BCUT2D eigenvalue weighted by Gasteiger charge is 2.49. The van der Waals surface area contributed by atoms with Crippen LogP contribution >= 0.6 is 0 Å². The van der Waals surface area contributed by atoms with E-state index in [4.69, 9.17) is 15.0 Å². The highest BCUT2D eigenvalue weighted by molar-refractivity contribution is 6.10.